The summed E-state index contributed by atoms with van der Waals surface area (Å²) in [6.07, 6.45) is 0.783. The molecule has 0 saturated carbocycles. The topological polar surface area (TPSA) is 49.4 Å². The lowest BCUT2D eigenvalue weighted by Gasteiger charge is -2.21. The first-order valence-electron chi connectivity index (χ1n) is 4.64. The van der Waals surface area contributed by atoms with Crippen LogP contribution in [0.1, 0.15) is 27.2 Å². The van der Waals surface area contributed by atoms with Gasteiger partial charge in [0.1, 0.15) is 0 Å². The van der Waals surface area contributed by atoms with Gasteiger partial charge >= 0.3 is 0 Å². The van der Waals surface area contributed by atoms with E-state index in [1.807, 2.05) is 20.8 Å². The fourth-order valence-electron chi connectivity index (χ4n) is 0.766. The van der Waals surface area contributed by atoms with Gasteiger partial charge in [-0.3, -0.25) is 0 Å². The monoisotopic (exact) mass is 286 g/mol. The van der Waals surface area contributed by atoms with Crippen LogP contribution in [0.2, 0.25) is 0 Å². The first kappa shape index (κ1) is 14.3. The fraction of sp³-hybridized carbons (Fsp3) is 1.00. The van der Waals surface area contributed by atoms with Crippen molar-refractivity contribution in [2.24, 2.45) is 0 Å². The van der Waals surface area contributed by atoms with Crippen LogP contribution in [0.5, 0.6) is 0 Å². The highest BCUT2D eigenvalue weighted by Crippen LogP contribution is 2.04. The minimum atomic E-state index is -3.29. The molecule has 0 saturated heterocycles. The van der Waals surface area contributed by atoms with Gasteiger partial charge in [0.15, 0.2) is 0 Å². The lowest BCUT2D eigenvalue weighted by Crippen LogP contribution is -2.42. The molecule has 6 heteroatoms. The van der Waals surface area contributed by atoms with Crippen molar-refractivity contribution in [1.82, 2.24) is 9.03 Å². The molecule has 0 fully saturated rings. The van der Waals surface area contributed by atoms with Crippen molar-refractivity contribution in [3.8, 4) is 0 Å². The average Bonchev–Trinajstić information content (AvgIpc) is 2.01. The van der Waals surface area contributed by atoms with E-state index in [4.69, 9.17) is 0 Å². The maximum Gasteiger partial charge on any atom is 0.279 e. The highest BCUT2D eigenvalue weighted by atomic mass is 79.9. The molecule has 0 aromatic carbocycles. The highest BCUT2D eigenvalue weighted by Gasteiger charge is 2.19. The third-order valence-corrected chi connectivity index (χ3v) is 4.14. The summed E-state index contributed by atoms with van der Waals surface area (Å²) in [5.74, 6) is 0. The predicted molar refractivity (Wildman–Crippen MR) is 62.8 cm³/mol. The Balaban J connectivity index is 4.09. The summed E-state index contributed by atoms with van der Waals surface area (Å²) in [6, 6.07) is -0.0195. The Morgan fingerprint density at radius 3 is 2.21 bits per heavy atom. The maximum atomic E-state index is 11.6. The fourth-order valence-corrected chi connectivity index (χ4v) is 2.13. The van der Waals surface area contributed by atoms with Crippen molar-refractivity contribution in [2.45, 2.75) is 38.1 Å². The van der Waals surface area contributed by atoms with Crippen LogP contribution in [-0.4, -0.2) is 37.2 Å². The summed E-state index contributed by atoms with van der Waals surface area (Å²) in [5, 5.41) is 0. The van der Waals surface area contributed by atoms with Crippen molar-refractivity contribution < 1.29 is 8.42 Å². The zero-order valence-corrected chi connectivity index (χ0v) is 11.5. The van der Waals surface area contributed by atoms with E-state index < -0.39 is 10.2 Å². The van der Waals surface area contributed by atoms with Crippen LogP contribution >= 0.6 is 15.9 Å². The second kappa shape index (κ2) is 6.05. The molecule has 0 rings (SSSR count). The zero-order valence-electron chi connectivity index (χ0n) is 9.12. The van der Waals surface area contributed by atoms with Crippen molar-refractivity contribution in [3.05, 3.63) is 0 Å². The lowest BCUT2D eigenvalue weighted by molar-refractivity contribution is 0.402. The Hall–Kier alpha value is 0.350. The predicted octanol–water partition coefficient (Wildman–Crippen LogP) is 1.33. The Kier molecular flexibility index (Phi) is 6.20. The van der Waals surface area contributed by atoms with Crippen LogP contribution in [0.4, 0.5) is 0 Å². The van der Waals surface area contributed by atoms with Gasteiger partial charge in [-0.1, -0.05) is 22.9 Å². The Morgan fingerprint density at radius 2 is 1.86 bits per heavy atom. The molecule has 1 atom stereocenters. The first-order chi connectivity index (χ1) is 6.27. The molecule has 4 nitrogen and oxygen atoms in total. The van der Waals surface area contributed by atoms with Gasteiger partial charge in [-0.05, 0) is 20.3 Å². The van der Waals surface area contributed by atoms with Crippen molar-refractivity contribution in [1.29, 1.82) is 0 Å². The SMILES string of the molecule is CC(Br)CCNS(=O)(=O)N(C)C(C)C. The Morgan fingerprint density at radius 1 is 1.36 bits per heavy atom. The summed E-state index contributed by atoms with van der Waals surface area (Å²) in [6.45, 7) is 6.13. The Bertz CT molecular complexity index is 252. The van der Waals surface area contributed by atoms with E-state index in [1.54, 1.807) is 7.05 Å². The summed E-state index contributed by atoms with van der Waals surface area (Å²) < 4.78 is 27.0. The highest BCUT2D eigenvalue weighted by molar-refractivity contribution is 9.09. The van der Waals surface area contributed by atoms with Gasteiger partial charge in [-0.25, -0.2) is 4.72 Å². The molecule has 0 aliphatic carbocycles. The molecular weight excluding hydrogens is 268 g/mol. The second-order valence-electron chi connectivity index (χ2n) is 3.58. The smallest absolute Gasteiger partial charge is 0.202 e. The van der Waals surface area contributed by atoms with E-state index >= 15 is 0 Å². The van der Waals surface area contributed by atoms with Crippen LogP contribution in [-0.2, 0) is 10.2 Å². The number of halogens is 1. The number of nitrogens with one attached hydrogen (secondary N) is 1. The van der Waals surface area contributed by atoms with Gasteiger partial charge in [0.2, 0.25) is 0 Å². The van der Waals surface area contributed by atoms with Crippen molar-refractivity contribution in [2.75, 3.05) is 13.6 Å². The summed E-state index contributed by atoms with van der Waals surface area (Å²) >= 11 is 3.36. The summed E-state index contributed by atoms with van der Waals surface area (Å²) in [5.41, 5.74) is 0. The lowest BCUT2D eigenvalue weighted by atomic mass is 10.3. The third kappa shape index (κ3) is 5.29. The van der Waals surface area contributed by atoms with Gasteiger partial charge in [-0.15, -0.1) is 0 Å². The molecule has 0 radical (unpaired) electrons. The van der Waals surface area contributed by atoms with E-state index in [0.717, 1.165) is 6.42 Å². The number of rotatable bonds is 6. The van der Waals surface area contributed by atoms with Crippen LogP contribution < -0.4 is 4.72 Å². The van der Waals surface area contributed by atoms with E-state index in [0.29, 0.717) is 11.4 Å². The van der Waals surface area contributed by atoms with Crippen LogP contribution in [0.15, 0.2) is 0 Å². The van der Waals surface area contributed by atoms with E-state index in [9.17, 15) is 8.42 Å². The van der Waals surface area contributed by atoms with Crippen LogP contribution in [0.3, 0.4) is 0 Å². The molecule has 1 unspecified atom stereocenters. The average molecular weight is 287 g/mol. The Labute approximate surface area is 95.4 Å². The molecule has 0 bridgehead atoms. The molecule has 14 heavy (non-hydrogen) atoms. The van der Waals surface area contributed by atoms with E-state index in [-0.39, 0.29) is 6.04 Å². The third-order valence-electron chi connectivity index (χ3n) is 1.93. The number of alkyl halides is 1. The van der Waals surface area contributed by atoms with Gasteiger partial charge < -0.3 is 0 Å². The summed E-state index contributed by atoms with van der Waals surface area (Å²) in [4.78, 5) is 0.328. The molecule has 0 aliphatic rings. The van der Waals surface area contributed by atoms with Crippen molar-refractivity contribution >= 4 is 26.1 Å². The number of nitrogens with zero attached hydrogens (tertiary/aromatic N) is 1. The number of hydrogen-bond acceptors (Lipinski definition) is 2. The quantitative estimate of drug-likeness (QED) is 0.749. The largest absolute Gasteiger partial charge is 0.279 e. The van der Waals surface area contributed by atoms with Gasteiger partial charge in [0, 0.05) is 24.5 Å². The maximum absolute atomic E-state index is 11.6. The molecule has 0 aromatic heterocycles. The molecule has 0 aromatic rings. The summed E-state index contributed by atoms with van der Waals surface area (Å²) in [7, 11) is -1.72. The molecular formula is C8H19BrN2O2S. The van der Waals surface area contributed by atoms with Gasteiger partial charge in [0.25, 0.3) is 10.2 Å². The zero-order chi connectivity index (χ0) is 11.4. The van der Waals surface area contributed by atoms with E-state index in [1.165, 1.54) is 4.31 Å². The van der Waals surface area contributed by atoms with Gasteiger partial charge in [-0.2, -0.15) is 12.7 Å². The van der Waals surface area contributed by atoms with Gasteiger partial charge in [0.05, 0.1) is 0 Å². The minimum Gasteiger partial charge on any atom is -0.202 e. The van der Waals surface area contributed by atoms with Crippen LogP contribution in [0, 0.1) is 0 Å². The molecule has 0 heterocycles. The molecule has 0 spiro atoms. The second-order valence-corrected chi connectivity index (χ2v) is 6.96. The normalized spacial score (nSPS) is 15.1. The molecule has 86 valence electrons. The standard InChI is InChI=1S/C8H19BrN2O2S/c1-7(2)11(4)14(12,13)10-6-5-8(3)9/h7-8,10H,5-6H2,1-4H3. The molecule has 1 N–H and O–H groups in total. The molecule has 0 amide bonds. The van der Waals surface area contributed by atoms with Crippen LogP contribution in [0.25, 0.3) is 0 Å². The van der Waals surface area contributed by atoms with Crippen molar-refractivity contribution in [3.63, 3.8) is 0 Å². The molecule has 0 aliphatic heterocycles. The first-order valence-corrected chi connectivity index (χ1v) is 6.99. The minimum absolute atomic E-state index is 0.0195. The van der Waals surface area contributed by atoms with E-state index in [2.05, 4.69) is 20.7 Å². The number of hydrogen-bond donors (Lipinski definition) is 1.